The quantitative estimate of drug-likeness (QED) is 0.466. The molecule has 2 aromatic carbocycles. The number of aromatic nitrogens is 2. The molecule has 0 atom stereocenters. The highest BCUT2D eigenvalue weighted by Gasteiger charge is 2.40. The lowest BCUT2D eigenvalue weighted by atomic mass is 9.98. The third kappa shape index (κ3) is 3.42. The third-order valence-electron chi connectivity index (χ3n) is 3.79. The van der Waals surface area contributed by atoms with Crippen LogP contribution in [0.2, 0.25) is 0 Å². The molecular weight excluding hydrogens is 352 g/mol. The number of halogens is 4. The van der Waals surface area contributed by atoms with E-state index in [1.54, 1.807) is 31.2 Å². The minimum Gasteiger partial charge on any atom is -0.260 e. The van der Waals surface area contributed by atoms with Gasteiger partial charge in [0, 0.05) is 22.6 Å². The zero-order valence-electron chi connectivity index (χ0n) is 13.2. The first-order valence-corrected chi connectivity index (χ1v) is 7.99. The summed E-state index contributed by atoms with van der Waals surface area (Å²) in [4.78, 5) is 0.693. The average Bonchev–Trinajstić information content (AvgIpc) is 2.96. The van der Waals surface area contributed by atoms with Gasteiger partial charge >= 0.3 is 6.18 Å². The Morgan fingerprint density at radius 3 is 2.04 bits per heavy atom. The summed E-state index contributed by atoms with van der Waals surface area (Å²) in [6, 6.07) is 11.6. The van der Waals surface area contributed by atoms with Crippen molar-refractivity contribution >= 4 is 12.6 Å². The monoisotopic (exact) mass is 366 g/mol. The van der Waals surface area contributed by atoms with Crippen LogP contribution >= 0.6 is 12.6 Å². The highest BCUT2D eigenvalue weighted by Crippen LogP contribution is 2.42. The summed E-state index contributed by atoms with van der Waals surface area (Å²) in [6.07, 6.45) is -4.59. The normalized spacial score (nSPS) is 11.8. The summed E-state index contributed by atoms with van der Waals surface area (Å²) in [5.74, 6) is -0.513. The fourth-order valence-electron chi connectivity index (χ4n) is 2.69. The molecular formula is C18H14F4N2S. The van der Waals surface area contributed by atoms with Crippen LogP contribution < -0.4 is 0 Å². The van der Waals surface area contributed by atoms with E-state index in [9.17, 15) is 17.6 Å². The van der Waals surface area contributed by atoms with Crippen LogP contribution in [0.15, 0.2) is 53.4 Å². The van der Waals surface area contributed by atoms with Crippen LogP contribution in [-0.4, -0.2) is 9.78 Å². The SMILES string of the molecule is CCn1nc(-c2ccc(S)cc2)c(-c2ccc(F)cc2)c1C(F)(F)F. The Morgan fingerprint density at radius 1 is 0.960 bits per heavy atom. The molecule has 1 heterocycles. The van der Waals surface area contributed by atoms with Crippen molar-refractivity contribution in [1.82, 2.24) is 9.78 Å². The van der Waals surface area contributed by atoms with Crippen molar-refractivity contribution in [3.63, 3.8) is 0 Å². The van der Waals surface area contributed by atoms with E-state index >= 15 is 0 Å². The molecule has 0 saturated heterocycles. The fourth-order valence-corrected chi connectivity index (χ4v) is 2.84. The van der Waals surface area contributed by atoms with E-state index in [0.29, 0.717) is 10.5 Å². The van der Waals surface area contributed by atoms with Gasteiger partial charge in [0.2, 0.25) is 0 Å². The van der Waals surface area contributed by atoms with Crippen molar-refractivity contribution in [3.05, 3.63) is 60.0 Å². The minimum atomic E-state index is -4.59. The van der Waals surface area contributed by atoms with Gasteiger partial charge in [-0.1, -0.05) is 24.3 Å². The van der Waals surface area contributed by atoms with Crippen LogP contribution in [0.4, 0.5) is 17.6 Å². The van der Waals surface area contributed by atoms with Crippen LogP contribution in [0, 0.1) is 5.82 Å². The maximum Gasteiger partial charge on any atom is 0.433 e. The molecule has 0 aliphatic rings. The molecule has 2 nitrogen and oxygen atoms in total. The molecule has 1 aromatic heterocycles. The first kappa shape index (κ1) is 17.5. The molecule has 3 aromatic rings. The van der Waals surface area contributed by atoms with E-state index in [-0.39, 0.29) is 23.4 Å². The second-order valence-electron chi connectivity index (χ2n) is 5.44. The molecule has 0 radical (unpaired) electrons. The minimum absolute atomic E-state index is 0.0544. The Kier molecular flexibility index (Phi) is 4.60. The molecule has 25 heavy (non-hydrogen) atoms. The largest absolute Gasteiger partial charge is 0.433 e. The zero-order valence-corrected chi connectivity index (χ0v) is 14.1. The molecule has 0 fully saturated rings. The zero-order chi connectivity index (χ0) is 18.2. The van der Waals surface area contributed by atoms with Gasteiger partial charge in [-0.25, -0.2) is 4.39 Å². The topological polar surface area (TPSA) is 17.8 Å². The van der Waals surface area contributed by atoms with Crippen LogP contribution in [-0.2, 0) is 12.7 Å². The summed E-state index contributed by atoms with van der Waals surface area (Å²) >= 11 is 4.19. The number of alkyl halides is 3. The van der Waals surface area contributed by atoms with E-state index in [0.717, 1.165) is 16.8 Å². The van der Waals surface area contributed by atoms with Gasteiger partial charge in [-0.3, -0.25) is 4.68 Å². The highest BCUT2D eigenvalue weighted by molar-refractivity contribution is 7.80. The lowest BCUT2D eigenvalue weighted by Gasteiger charge is -2.12. The van der Waals surface area contributed by atoms with E-state index in [1.165, 1.54) is 12.1 Å². The van der Waals surface area contributed by atoms with E-state index in [1.807, 2.05) is 0 Å². The van der Waals surface area contributed by atoms with Crippen molar-refractivity contribution in [1.29, 1.82) is 0 Å². The number of aryl methyl sites for hydroxylation is 1. The molecule has 0 aliphatic carbocycles. The van der Waals surface area contributed by atoms with Gasteiger partial charge in [-0.15, -0.1) is 12.6 Å². The van der Waals surface area contributed by atoms with Gasteiger partial charge in [0.1, 0.15) is 11.5 Å². The standard InChI is InChI=1S/C18H14F4N2S/c1-2-24-17(18(20,21)22)15(11-3-7-13(19)8-4-11)16(23-24)12-5-9-14(25)10-6-12/h3-10,25H,2H2,1H3. The molecule has 0 aliphatic heterocycles. The lowest BCUT2D eigenvalue weighted by molar-refractivity contribution is -0.143. The molecule has 3 rings (SSSR count). The molecule has 0 amide bonds. The average molecular weight is 366 g/mol. The number of benzene rings is 2. The van der Waals surface area contributed by atoms with Crippen LogP contribution in [0.1, 0.15) is 12.6 Å². The van der Waals surface area contributed by atoms with Gasteiger partial charge in [-0.05, 0) is 36.8 Å². The van der Waals surface area contributed by atoms with Crippen LogP contribution in [0.25, 0.3) is 22.4 Å². The summed E-state index contributed by atoms with van der Waals surface area (Å²) in [6.45, 7) is 1.66. The molecule has 0 bridgehead atoms. The van der Waals surface area contributed by atoms with Gasteiger partial charge in [0.05, 0.1) is 0 Å². The Labute approximate surface area is 147 Å². The van der Waals surface area contributed by atoms with E-state index in [2.05, 4.69) is 17.7 Å². The molecule has 130 valence electrons. The molecule has 0 unspecified atom stereocenters. The smallest absolute Gasteiger partial charge is 0.260 e. The Morgan fingerprint density at radius 2 is 1.52 bits per heavy atom. The summed E-state index contributed by atoms with van der Waals surface area (Å²) < 4.78 is 55.3. The maximum absolute atomic E-state index is 13.7. The van der Waals surface area contributed by atoms with Crippen LogP contribution in [0.3, 0.4) is 0 Å². The predicted molar refractivity (Wildman–Crippen MR) is 91.0 cm³/mol. The van der Waals surface area contributed by atoms with Crippen molar-refractivity contribution in [2.24, 2.45) is 0 Å². The summed E-state index contributed by atoms with van der Waals surface area (Å²) in [5.41, 5.74) is 0.107. The molecule has 0 saturated carbocycles. The van der Waals surface area contributed by atoms with E-state index < -0.39 is 17.7 Å². The summed E-state index contributed by atoms with van der Waals surface area (Å²) in [7, 11) is 0. The Hall–Kier alpha value is -2.28. The second-order valence-corrected chi connectivity index (χ2v) is 5.96. The fraction of sp³-hybridized carbons (Fsp3) is 0.167. The molecule has 0 spiro atoms. The lowest BCUT2D eigenvalue weighted by Crippen LogP contribution is -2.14. The van der Waals surface area contributed by atoms with Crippen molar-refractivity contribution < 1.29 is 17.6 Å². The van der Waals surface area contributed by atoms with Gasteiger partial charge in [0.25, 0.3) is 0 Å². The second kappa shape index (κ2) is 6.55. The first-order valence-electron chi connectivity index (χ1n) is 7.54. The predicted octanol–water partition coefficient (Wildman–Crippen LogP) is 5.68. The number of rotatable bonds is 3. The van der Waals surface area contributed by atoms with Gasteiger partial charge in [0.15, 0.2) is 5.69 Å². The number of hydrogen-bond acceptors (Lipinski definition) is 2. The third-order valence-corrected chi connectivity index (χ3v) is 4.09. The molecule has 0 N–H and O–H groups in total. The van der Waals surface area contributed by atoms with Crippen LogP contribution in [0.5, 0.6) is 0 Å². The highest BCUT2D eigenvalue weighted by atomic mass is 32.1. The van der Waals surface area contributed by atoms with Crippen molar-refractivity contribution in [3.8, 4) is 22.4 Å². The molecule has 7 heteroatoms. The number of thiol groups is 1. The van der Waals surface area contributed by atoms with Crippen molar-refractivity contribution in [2.45, 2.75) is 24.5 Å². The van der Waals surface area contributed by atoms with Gasteiger partial charge < -0.3 is 0 Å². The first-order chi connectivity index (χ1) is 11.8. The number of nitrogens with zero attached hydrogens (tertiary/aromatic N) is 2. The number of hydrogen-bond donors (Lipinski definition) is 1. The maximum atomic E-state index is 13.7. The Bertz CT molecular complexity index is 881. The Balaban J connectivity index is 2.33. The van der Waals surface area contributed by atoms with E-state index in [4.69, 9.17) is 0 Å². The van der Waals surface area contributed by atoms with Crippen molar-refractivity contribution in [2.75, 3.05) is 0 Å². The summed E-state index contributed by atoms with van der Waals surface area (Å²) in [5, 5.41) is 4.17. The van der Waals surface area contributed by atoms with Gasteiger partial charge in [-0.2, -0.15) is 18.3 Å².